The van der Waals surface area contributed by atoms with E-state index in [4.69, 9.17) is 0 Å². The molecule has 0 fully saturated rings. The Labute approximate surface area is 67.7 Å². The summed E-state index contributed by atoms with van der Waals surface area (Å²) in [6.07, 6.45) is 14.6. The Kier molecular flexibility index (Phi) is 3.70. The first-order valence-corrected chi connectivity index (χ1v) is 4.04. The first kappa shape index (κ1) is 8.28. The maximum atomic E-state index is 9.27. The van der Waals surface area contributed by atoms with Crippen LogP contribution in [0.3, 0.4) is 0 Å². The molecule has 1 rings (SSSR count). The van der Waals surface area contributed by atoms with Crippen LogP contribution in [0.25, 0.3) is 0 Å². The Morgan fingerprint density at radius 1 is 0.909 bits per heavy atom. The van der Waals surface area contributed by atoms with E-state index in [0.29, 0.717) is 0 Å². The minimum atomic E-state index is -0.294. The lowest BCUT2D eigenvalue weighted by Gasteiger charge is -2.00. The molecule has 1 atom stereocenters. The third-order valence-corrected chi connectivity index (χ3v) is 1.61. The molecule has 1 heteroatoms. The molecule has 0 amide bonds. The fourth-order valence-electron chi connectivity index (χ4n) is 0.996. The van der Waals surface area contributed by atoms with Crippen molar-refractivity contribution in [3.63, 3.8) is 0 Å². The summed E-state index contributed by atoms with van der Waals surface area (Å²) in [7, 11) is 0. The standard InChI is InChI=1S/C10H14O/c11-10-8-6-4-2-1-3-5-7-9-10/h1-2,5-8,10-11H,3-4,9H2/b2-1-,7-5-,8-6+. The SMILES string of the molecule is OC1/C=C/C/C=C\C/C=C\C1. The summed E-state index contributed by atoms with van der Waals surface area (Å²) in [6, 6.07) is 0. The topological polar surface area (TPSA) is 20.2 Å². The third kappa shape index (κ3) is 3.79. The second-order valence-corrected chi connectivity index (χ2v) is 2.65. The molecule has 0 saturated carbocycles. The summed E-state index contributed by atoms with van der Waals surface area (Å²) in [5.74, 6) is 0. The molecule has 0 radical (unpaired) electrons. The van der Waals surface area contributed by atoms with Crippen LogP contribution in [0, 0.1) is 0 Å². The van der Waals surface area contributed by atoms with E-state index in [1.54, 1.807) is 0 Å². The van der Waals surface area contributed by atoms with Gasteiger partial charge >= 0.3 is 0 Å². The molecule has 1 aliphatic carbocycles. The minimum absolute atomic E-state index is 0.294. The quantitative estimate of drug-likeness (QED) is 0.525. The number of hydrogen-bond donors (Lipinski definition) is 1. The number of allylic oxidation sites excluding steroid dienone is 4. The Morgan fingerprint density at radius 3 is 2.36 bits per heavy atom. The maximum absolute atomic E-state index is 9.27. The molecule has 60 valence electrons. The van der Waals surface area contributed by atoms with Crippen molar-refractivity contribution in [3.05, 3.63) is 36.5 Å². The molecule has 0 saturated heterocycles. The molecule has 0 spiro atoms. The van der Waals surface area contributed by atoms with E-state index in [9.17, 15) is 5.11 Å². The molecule has 0 bridgehead atoms. The Morgan fingerprint density at radius 2 is 1.55 bits per heavy atom. The molecule has 1 aliphatic rings. The molecular formula is C10H14O. The first-order valence-electron chi connectivity index (χ1n) is 4.04. The van der Waals surface area contributed by atoms with E-state index in [1.165, 1.54) is 0 Å². The van der Waals surface area contributed by atoms with Crippen molar-refractivity contribution in [2.75, 3.05) is 0 Å². The van der Waals surface area contributed by atoms with Gasteiger partial charge in [0, 0.05) is 0 Å². The highest BCUT2D eigenvalue weighted by Gasteiger charge is 1.93. The van der Waals surface area contributed by atoms with Gasteiger partial charge in [0.05, 0.1) is 6.10 Å². The zero-order chi connectivity index (χ0) is 7.94. The van der Waals surface area contributed by atoms with Gasteiger partial charge in [-0.1, -0.05) is 36.5 Å². The maximum Gasteiger partial charge on any atom is 0.0755 e. The van der Waals surface area contributed by atoms with Gasteiger partial charge in [-0.2, -0.15) is 0 Å². The molecule has 1 N–H and O–H groups in total. The summed E-state index contributed by atoms with van der Waals surface area (Å²) >= 11 is 0. The van der Waals surface area contributed by atoms with Gasteiger partial charge in [-0.25, -0.2) is 0 Å². The van der Waals surface area contributed by atoms with Crippen molar-refractivity contribution in [3.8, 4) is 0 Å². The second-order valence-electron chi connectivity index (χ2n) is 2.65. The van der Waals surface area contributed by atoms with Crippen LogP contribution < -0.4 is 0 Å². The van der Waals surface area contributed by atoms with Crippen LogP contribution in [-0.2, 0) is 0 Å². The fraction of sp³-hybridized carbons (Fsp3) is 0.400. The van der Waals surface area contributed by atoms with Crippen LogP contribution in [0.4, 0.5) is 0 Å². The molecule has 0 aromatic rings. The van der Waals surface area contributed by atoms with Crippen LogP contribution in [0.1, 0.15) is 19.3 Å². The van der Waals surface area contributed by atoms with Gasteiger partial charge in [0.25, 0.3) is 0 Å². The van der Waals surface area contributed by atoms with Crippen molar-refractivity contribution in [2.24, 2.45) is 0 Å². The van der Waals surface area contributed by atoms with Gasteiger partial charge in [-0.15, -0.1) is 0 Å². The highest BCUT2D eigenvalue weighted by Crippen LogP contribution is 2.01. The van der Waals surface area contributed by atoms with Gasteiger partial charge in [-0.3, -0.25) is 0 Å². The second kappa shape index (κ2) is 4.91. The lowest BCUT2D eigenvalue weighted by atomic mass is 10.1. The van der Waals surface area contributed by atoms with Crippen molar-refractivity contribution in [1.82, 2.24) is 0 Å². The highest BCUT2D eigenvalue weighted by molar-refractivity contribution is 5.02. The van der Waals surface area contributed by atoms with Gasteiger partial charge < -0.3 is 5.11 Å². The van der Waals surface area contributed by atoms with Crippen molar-refractivity contribution in [2.45, 2.75) is 25.4 Å². The van der Waals surface area contributed by atoms with Crippen LogP contribution in [0.5, 0.6) is 0 Å². The molecule has 1 unspecified atom stereocenters. The average molecular weight is 150 g/mol. The molecule has 0 aromatic heterocycles. The fourth-order valence-corrected chi connectivity index (χ4v) is 0.996. The summed E-state index contributed by atoms with van der Waals surface area (Å²) < 4.78 is 0. The Balaban J connectivity index is 2.49. The van der Waals surface area contributed by atoms with E-state index < -0.39 is 0 Å². The molecule has 0 heterocycles. The monoisotopic (exact) mass is 150 g/mol. The van der Waals surface area contributed by atoms with E-state index in [1.807, 2.05) is 18.2 Å². The summed E-state index contributed by atoms with van der Waals surface area (Å²) in [6.45, 7) is 0. The minimum Gasteiger partial charge on any atom is -0.389 e. The number of aliphatic hydroxyl groups is 1. The molecule has 0 aromatic carbocycles. The van der Waals surface area contributed by atoms with Crippen LogP contribution >= 0.6 is 0 Å². The van der Waals surface area contributed by atoms with E-state index >= 15 is 0 Å². The summed E-state index contributed by atoms with van der Waals surface area (Å²) in [5, 5.41) is 9.27. The summed E-state index contributed by atoms with van der Waals surface area (Å²) in [4.78, 5) is 0. The van der Waals surface area contributed by atoms with Gasteiger partial charge in [0.1, 0.15) is 0 Å². The molecule has 11 heavy (non-hydrogen) atoms. The van der Waals surface area contributed by atoms with Crippen molar-refractivity contribution >= 4 is 0 Å². The number of aliphatic hydroxyl groups excluding tert-OH is 1. The van der Waals surface area contributed by atoms with Gasteiger partial charge in [0.2, 0.25) is 0 Å². The van der Waals surface area contributed by atoms with Crippen LogP contribution in [0.15, 0.2) is 36.5 Å². The number of rotatable bonds is 0. The van der Waals surface area contributed by atoms with E-state index in [0.717, 1.165) is 19.3 Å². The Hall–Kier alpha value is -0.820. The highest BCUT2D eigenvalue weighted by atomic mass is 16.3. The summed E-state index contributed by atoms with van der Waals surface area (Å²) in [5.41, 5.74) is 0. The van der Waals surface area contributed by atoms with Crippen LogP contribution in [-0.4, -0.2) is 11.2 Å². The van der Waals surface area contributed by atoms with Crippen LogP contribution in [0.2, 0.25) is 0 Å². The van der Waals surface area contributed by atoms with Crippen molar-refractivity contribution < 1.29 is 5.11 Å². The smallest absolute Gasteiger partial charge is 0.0755 e. The van der Waals surface area contributed by atoms with Crippen molar-refractivity contribution in [1.29, 1.82) is 0 Å². The zero-order valence-corrected chi connectivity index (χ0v) is 6.61. The Bertz CT molecular complexity index is 177. The lowest BCUT2D eigenvalue weighted by Crippen LogP contribution is -1.99. The van der Waals surface area contributed by atoms with E-state index in [-0.39, 0.29) is 6.10 Å². The third-order valence-electron chi connectivity index (χ3n) is 1.61. The van der Waals surface area contributed by atoms with Gasteiger partial charge in [-0.05, 0) is 19.3 Å². The first-order chi connectivity index (χ1) is 5.39. The number of hydrogen-bond acceptors (Lipinski definition) is 1. The molecule has 0 aliphatic heterocycles. The predicted octanol–water partition coefficient (Wildman–Crippen LogP) is 2.20. The average Bonchev–Trinajstić information content (AvgIpc) is 2.03. The predicted molar refractivity (Wildman–Crippen MR) is 47.3 cm³/mol. The zero-order valence-electron chi connectivity index (χ0n) is 6.61. The van der Waals surface area contributed by atoms with E-state index in [2.05, 4.69) is 18.2 Å². The molecule has 1 nitrogen and oxygen atoms in total. The van der Waals surface area contributed by atoms with Gasteiger partial charge in [0.15, 0.2) is 0 Å². The lowest BCUT2D eigenvalue weighted by molar-refractivity contribution is 0.226. The largest absolute Gasteiger partial charge is 0.389 e. The normalized spacial score (nSPS) is 34.1. The molecular weight excluding hydrogens is 136 g/mol.